The fraction of sp³-hybridized carbons (Fsp3) is 0.0455. The lowest BCUT2D eigenvalue weighted by atomic mass is 9.95. The minimum absolute atomic E-state index is 0.400. The Bertz CT molecular complexity index is 1030. The predicted molar refractivity (Wildman–Crippen MR) is 103 cm³/mol. The highest BCUT2D eigenvalue weighted by Gasteiger charge is 2.32. The highest BCUT2D eigenvalue weighted by molar-refractivity contribution is 6.25. The Kier molecular flexibility index (Phi) is 3.93. The zero-order valence-corrected chi connectivity index (χ0v) is 14.2. The van der Waals surface area contributed by atoms with Crippen LogP contribution in [-0.2, 0) is 0 Å². The molecule has 1 aliphatic heterocycles. The maximum atomic E-state index is 12.8. The van der Waals surface area contributed by atoms with Crippen LogP contribution in [0.2, 0.25) is 0 Å². The third-order valence-corrected chi connectivity index (χ3v) is 4.32. The van der Waals surface area contributed by atoms with E-state index in [1.54, 1.807) is 12.1 Å². The topological polar surface area (TPSA) is 49.7 Å². The van der Waals surface area contributed by atoms with Crippen molar-refractivity contribution in [1.82, 2.24) is 5.01 Å². The second-order valence-corrected chi connectivity index (χ2v) is 6.17. The molecule has 3 aromatic carbocycles. The first-order valence-corrected chi connectivity index (χ1v) is 8.33. The van der Waals surface area contributed by atoms with Crippen molar-refractivity contribution in [3.05, 3.63) is 89.0 Å². The monoisotopic (exact) mass is 340 g/mol. The second kappa shape index (κ2) is 6.41. The third-order valence-electron chi connectivity index (χ3n) is 4.32. The molecule has 0 saturated carbocycles. The lowest BCUT2D eigenvalue weighted by Crippen LogP contribution is -2.36. The van der Waals surface area contributed by atoms with Gasteiger partial charge in [0, 0.05) is 5.39 Å². The molecule has 1 heterocycles. The summed E-state index contributed by atoms with van der Waals surface area (Å²) in [5.41, 5.74) is 2.87. The molecule has 0 bridgehead atoms. The molecular weight excluding hydrogens is 324 g/mol. The highest BCUT2D eigenvalue weighted by atomic mass is 16.2. The van der Waals surface area contributed by atoms with Crippen LogP contribution in [0.3, 0.4) is 0 Å². The first-order valence-electron chi connectivity index (χ1n) is 8.33. The van der Waals surface area contributed by atoms with E-state index in [0.29, 0.717) is 16.5 Å². The molecule has 0 radical (unpaired) electrons. The SMILES string of the molecule is CC(/C=N\N1C(=O)c2cccc3cccc(c23)C1=O)=C\c1ccccc1. The fourth-order valence-corrected chi connectivity index (χ4v) is 3.12. The number of imide groups is 1. The number of benzene rings is 3. The number of hydrazone groups is 1. The van der Waals surface area contributed by atoms with Crippen LogP contribution < -0.4 is 0 Å². The van der Waals surface area contributed by atoms with Gasteiger partial charge >= 0.3 is 0 Å². The minimum atomic E-state index is -0.400. The van der Waals surface area contributed by atoms with Crippen molar-refractivity contribution in [2.75, 3.05) is 0 Å². The average Bonchev–Trinajstić information content (AvgIpc) is 2.66. The molecule has 4 nitrogen and oxygen atoms in total. The summed E-state index contributed by atoms with van der Waals surface area (Å²) in [6.45, 7) is 1.88. The average molecular weight is 340 g/mol. The van der Waals surface area contributed by atoms with E-state index in [4.69, 9.17) is 0 Å². The fourth-order valence-electron chi connectivity index (χ4n) is 3.12. The summed E-state index contributed by atoms with van der Waals surface area (Å²) in [6.07, 6.45) is 3.48. The molecule has 4 heteroatoms. The van der Waals surface area contributed by atoms with Crippen LogP contribution in [0, 0.1) is 0 Å². The van der Waals surface area contributed by atoms with Crippen molar-refractivity contribution in [3.8, 4) is 0 Å². The number of allylic oxidation sites excluding steroid dienone is 1. The van der Waals surface area contributed by atoms with Crippen LogP contribution in [0.15, 0.2) is 77.4 Å². The molecule has 4 rings (SSSR count). The number of carbonyl (C=O) groups excluding carboxylic acids is 2. The van der Waals surface area contributed by atoms with Gasteiger partial charge in [-0.25, -0.2) is 0 Å². The van der Waals surface area contributed by atoms with E-state index in [-0.39, 0.29) is 0 Å². The van der Waals surface area contributed by atoms with Crippen LogP contribution in [0.4, 0.5) is 0 Å². The summed E-state index contributed by atoms with van der Waals surface area (Å²) in [5, 5.41) is 6.69. The lowest BCUT2D eigenvalue weighted by Gasteiger charge is -2.23. The molecule has 0 unspecified atom stereocenters. The van der Waals surface area contributed by atoms with Crippen LogP contribution >= 0.6 is 0 Å². The van der Waals surface area contributed by atoms with Gasteiger partial charge in [0.15, 0.2) is 0 Å². The van der Waals surface area contributed by atoms with Gasteiger partial charge in [-0.3, -0.25) is 9.59 Å². The number of carbonyl (C=O) groups is 2. The molecule has 2 amide bonds. The molecule has 3 aromatic rings. The molecule has 1 aliphatic rings. The lowest BCUT2D eigenvalue weighted by molar-refractivity contribution is 0.0616. The van der Waals surface area contributed by atoms with Crippen molar-refractivity contribution in [1.29, 1.82) is 0 Å². The third kappa shape index (κ3) is 2.71. The zero-order valence-electron chi connectivity index (χ0n) is 14.2. The predicted octanol–water partition coefficient (Wildman–Crippen LogP) is 4.53. The van der Waals surface area contributed by atoms with E-state index in [1.165, 1.54) is 6.21 Å². The number of hydrogen-bond donors (Lipinski definition) is 0. The molecule has 0 N–H and O–H groups in total. The maximum Gasteiger partial charge on any atom is 0.282 e. The summed E-state index contributed by atoms with van der Waals surface area (Å²) in [4.78, 5) is 25.5. The number of hydrogen-bond acceptors (Lipinski definition) is 3. The Morgan fingerprint density at radius 1 is 0.846 bits per heavy atom. The summed E-state index contributed by atoms with van der Waals surface area (Å²) < 4.78 is 0. The van der Waals surface area contributed by atoms with Crippen LogP contribution in [-0.4, -0.2) is 23.0 Å². The second-order valence-electron chi connectivity index (χ2n) is 6.17. The Hall–Kier alpha value is -3.53. The van der Waals surface area contributed by atoms with Gasteiger partial charge in [0.2, 0.25) is 0 Å². The van der Waals surface area contributed by atoms with Gasteiger partial charge in [-0.1, -0.05) is 60.7 Å². The molecular formula is C22H16N2O2. The molecule has 0 fully saturated rings. The van der Waals surface area contributed by atoms with E-state index in [2.05, 4.69) is 5.10 Å². The quantitative estimate of drug-likeness (QED) is 0.520. The van der Waals surface area contributed by atoms with Crippen LogP contribution in [0.5, 0.6) is 0 Å². The Balaban J connectivity index is 1.70. The van der Waals surface area contributed by atoms with Crippen molar-refractivity contribution < 1.29 is 9.59 Å². The number of amides is 2. The van der Waals surface area contributed by atoms with Crippen molar-refractivity contribution in [3.63, 3.8) is 0 Å². The van der Waals surface area contributed by atoms with E-state index < -0.39 is 11.8 Å². The highest BCUT2D eigenvalue weighted by Crippen LogP contribution is 2.30. The normalized spacial score (nSPS) is 14.5. The van der Waals surface area contributed by atoms with Crippen molar-refractivity contribution in [2.24, 2.45) is 5.10 Å². The smallest absolute Gasteiger partial charge is 0.267 e. The molecule has 126 valence electrons. The minimum Gasteiger partial charge on any atom is -0.267 e. The van der Waals surface area contributed by atoms with Crippen molar-refractivity contribution in [2.45, 2.75) is 6.92 Å². The van der Waals surface area contributed by atoms with Gasteiger partial charge in [-0.05, 0) is 35.6 Å². The standard InChI is InChI=1S/C22H16N2O2/c1-15(13-16-7-3-2-4-8-16)14-23-24-21(25)18-11-5-9-17-10-6-12-19(20(17)18)22(24)26/h2-14H,1H3/b15-13+,23-14-. The van der Waals surface area contributed by atoms with Gasteiger partial charge in [0.05, 0.1) is 17.3 Å². The summed E-state index contributed by atoms with van der Waals surface area (Å²) in [5.74, 6) is -0.800. The molecule has 0 saturated heterocycles. The Labute approximate surface area is 151 Å². The number of nitrogens with zero attached hydrogens (tertiary/aromatic N) is 2. The summed E-state index contributed by atoms with van der Waals surface area (Å²) >= 11 is 0. The number of rotatable bonds is 3. The first-order chi connectivity index (χ1) is 12.6. The van der Waals surface area contributed by atoms with Gasteiger partial charge in [0.25, 0.3) is 11.8 Å². The zero-order chi connectivity index (χ0) is 18.1. The van der Waals surface area contributed by atoms with E-state index >= 15 is 0 Å². The summed E-state index contributed by atoms with van der Waals surface area (Å²) in [6, 6.07) is 20.7. The Morgan fingerprint density at radius 3 is 2.08 bits per heavy atom. The molecule has 0 spiro atoms. The Morgan fingerprint density at radius 2 is 1.46 bits per heavy atom. The van der Waals surface area contributed by atoms with Crippen LogP contribution in [0.1, 0.15) is 33.2 Å². The van der Waals surface area contributed by atoms with E-state index in [9.17, 15) is 9.59 Å². The molecule has 0 aromatic heterocycles. The van der Waals surface area contributed by atoms with E-state index in [1.807, 2.05) is 67.6 Å². The first kappa shape index (κ1) is 16.0. The van der Waals surface area contributed by atoms with Gasteiger partial charge in [-0.2, -0.15) is 10.1 Å². The molecule has 0 atom stereocenters. The van der Waals surface area contributed by atoms with Gasteiger partial charge < -0.3 is 0 Å². The van der Waals surface area contributed by atoms with Crippen molar-refractivity contribution >= 4 is 34.9 Å². The van der Waals surface area contributed by atoms with Gasteiger partial charge in [-0.15, -0.1) is 0 Å². The maximum absolute atomic E-state index is 12.8. The summed E-state index contributed by atoms with van der Waals surface area (Å²) in [7, 11) is 0. The van der Waals surface area contributed by atoms with Crippen LogP contribution in [0.25, 0.3) is 16.8 Å². The molecule has 0 aliphatic carbocycles. The van der Waals surface area contributed by atoms with Gasteiger partial charge in [0.1, 0.15) is 0 Å². The molecule has 26 heavy (non-hydrogen) atoms. The largest absolute Gasteiger partial charge is 0.282 e. The van der Waals surface area contributed by atoms with E-state index in [0.717, 1.165) is 21.5 Å².